The van der Waals surface area contributed by atoms with Gasteiger partial charge in [-0.15, -0.1) is 0 Å². The third kappa shape index (κ3) is 3.96. The van der Waals surface area contributed by atoms with Crippen molar-refractivity contribution in [2.24, 2.45) is 0 Å². The first-order valence-electron chi connectivity index (χ1n) is 5.58. The van der Waals surface area contributed by atoms with Gasteiger partial charge in [0.1, 0.15) is 0 Å². The molecule has 0 aliphatic carbocycles. The van der Waals surface area contributed by atoms with Crippen LogP contribution in [0, 0.1) is 0 Å². The van der Waals surface area contributed by atoms with E-state index in [0.717, 1.165) is 10.0 Å². The van der Waals surface area contributed by atoms with Gasteiger partial charge in [-0.3, -0.25) is 0 Å². The number of nitrogens with one attached hydrogen (secondary N) is 1. The SMILES string of the molecule is O=S(=O)(NCc1ccc(Cl)c(Cl)c1)c1ccc(Br)cc1. The van der Waals surface area contributed by atoms with Crippen molar-refractivity contribution in [2.45, 2.75) is 11.4 Å². The molecular formula is C13H10BrCl2NO2S. The zero-order valence-corrected chi connectivity index (χ0v) is 14.0. The van der Waals surface area contributed by atoms with E-state index in [1.165, 1.54) is 12.1 Å². The fraction of sp³-hybridized carbons (Fsp3) is 0.0769. The van der Waals surface area contributed by atoms with Crippen LogP contribution >= 0.6 is 39.1 Å². The molecule has 2 rings (SSSR count). The summed E-state index contributed by atoms with van der Waals surface area (Å²) in [5.74, 6) is 0. The summed E-state index contributed by atoms with van der Waals surface area (Å²) in [5.41, 5.74) is 0.736. The van der Waals surface area contributed by atoms with Crippen molar-refractivity contribution >= 4 is 49.2 Å². The van der Waals surface area contributed by atoms with Crippen molar-refractivity contribution in [1.82, 2.24) is 4.72 Å². The first kappa shape index (κ1) is 15.8. The molecule has 2 aromatic carbocycles. The van der Waals surface area contributed by atoms with Crippen LogP contribution in [0.5, 0.6) is 0 Å². The van der Waals surface area contributed by atoms with Gasteiger partial charge in [0, 0.05) is 11.0 Å². The molecule has 3 nitrogen and oxygen atoms in total. The van der Waals surface area contributed by atoms with Crippen LogP contribution in [-0.2, 0) is 16.6 Å². The summed E-state index contributed by atoms with van der Waals surface area (Å²) in [6.07, 6.45) is 0. The van der Waals surface area contributed by atoms with E-state index in [4.69, 9.17) is 23.2 Å². The highest BCUT2D eigenvalue weighted by atomic mass is 79.9. The van der Waals surface area contributed by atoms with Gasteiger partial charge in [0.15, 0.2) is 0 Å². The molecule has 0 unspecified atom stereocenters. The fourth-order valence-electron chi connectivity index (χ4n) is 1.53. The van der Waals surface area contributed by atoms with E-state index in [1.54, 1.807) is 30.3 Å². The lowest BCUT2D eigenvalue weighted by atomic mass is 10.2. The number of benzene rings is 2. The van der Waals surface area contributed by atoms with Crippen LogP contribution in [0.25, 0.3) is 0 Å². The largest absolute Gasteiger partial charge is 0.240 e. The topological polar surface area (TPSA) is 46.2 Å². The molecular weight excluding hydrogens is 385 g/mol. The highest BCUT2D eigenvalue weighted by Gasteiger charge is 2.13. The zero-order chi connectivity index (χ0) is 14.8. The Labute approximate surface area is 136 Å². The highest BCUT2D eigenvalue weighted by Crippen LogP contribution is 2.23. The van der Waals surface area contributed by atoms with Gasteiger partial charge in [-0.2, -0.15) is 0 Å². The molecule has 0 saturated carbocycles. The summed E-state index contributed by atoms with van der Waals surface area (Å²) in [6.45, 7) is 0.148. The maximum atomic E-state index is 12.1. The van der Waals surface area contributed by atoms with Crippen molar-refractivity contribution in [3.05, 3.63) is 62.5 Å². The van der Waals surface area contributed by atoms with Crippen molar-refractivity contribution in [1.29, 1.82) is 0 Å². The number of hydrogen-bond acceptors (Lipinski definition) is 2. The Morgan fingerprint density at radius 2 is 1.65 bits per heavy atom. The number of rotatable bonds is 4. The smallest absolute Gasteiger partial charge is 0.207 e. The second-order valence-corrected chi connectivity index (χ2v) is 7.52. The zero-order valence-electron chi connectivity index (χ0n) is 10.1. The molecule has 2 aromatic rings. The quantitative estimate of drug-likeness (QED) is 0.843. The van der Waals surface area contributed by atoms with E-state index in [0.29, 0.717) is 10.0 Å². The van der Waals surface area contributed by atoms with Crippen LogP contribution in [0.4, 0.5) is 0 Å². The summed E-state index contributed by atoms with van der Waals surface area (Å²) in [7, 11) is -3.55. The first-order valence-corrected chi connectivity index (χ1v) is 8.61. The summed E-state index contributed by atoms with van der Waals surface area (Å²) >= 11 is 15.0. The van der Waals surface area contributed by atoms with Crippen LogP contribution in [0.15, 0.2) is 51.8 Å². The second kappa shape index (κ2) is 6.45. The minimum Gasteiger partial charge on any atom is -0.207 e. The lowest BCUT2D eigenvalue weighted by Crippen LogP contribution is -2.23. The van der Waals surface area contributed by atoms with Crippen molar-refractivity contribution < 1.29 is 8.42 Å². The Balaban J connectivity index is 2.13. The Morgan fingerprint density at radius 1 is 1.00 bits per heavy atom. The Hall–Kier alpha value is -0.590. The van der Waals surface area contributed by atoms with Crippen LogP contribution in [-0.4, -0.2) is 8.42 Å². The van der Waals surface area contributed by atoms with Gasteiger partial charge >= 0.3 is 0 Å². The highest BCUT2D eigenvalue weighted by molar-refractivity contribution is 9.10. The van der Waals surface area contributed by atoms with Gasteiger partial charge in [0.05, 0.1) is 14.9 Å². The van der Waals surface area contributed by atoms with Gasteiger partial charge in [0.25, 0.3) is 0 Å². The van der Waals surface area contributed by atoms with Gasteiger partial charge in [-0.25, -0.2) is 13.1 Å². The number of hydrogen-bond donors (Lipinski definition) is 1. The van der Waals surface area contributed by atoms with E-state index < -0.39 is 10.0 Å². The molecule has 20 heavy (non-hydrogen) atoms. The van der Waals surface area contributed by atoms with Crippen molar-refractivity contribution in [3.8, 4) is 0 Å². The second-order valence-electron chi connectivity index (χ2n) is 4.03. The van der Waals surface area contributed by atoms with Crippen molar-refractivity contribution in [2.75, 3.05) is 0 Å². The first-order chi connectivity index (χ1) is 9.38. The molecule has 0 aromatic heterocycles. The number of halogens is 3. The molecule has 0 saturated heterocycles. The summed E-state index contributed by atoms with van der Waals surface area (Å²) in [4.78, 5) is 0.209. The standard InChI is InChI=1S/C13H10BrCl2NO2S/c14-10-2-4-11(5-3-10)20(18,19)17-8-9-1-6-12(15)13(16)7-9/h1-7,17H,8H2. The predicted molar refractivity (Wildman–Crippen MR) is 84.6 cm³/mol. The normalized spacial score (nSPS) is 11.6. The summed E-state index contributed by atoms with van der Waals surface area (Å²) in [5, 5.41) is 0.832. The van der Waals surface area contributed by atoms with E-state index in [9.17, 15) is 8.42 Å². The molecule has 7 heteroatoms. The molecule has 0 fully saturated rings. The van der Waals surface area contributed by atoms with Gasteiger partial charge < -0.3 is 0 Å². The molecule has 0 radical (unpaired) electrons. The van der Waals surface area contributed by atoms with Crippen LogP contribution < -0.4 is 4.72 Å². The van der Waals surface area contributed by atoms with E-state index in [-0.39, 0.29) is 11.4 Å². The molecule has 0 heterocycles. The summed E-state index contributed by atoms with van der Waals surface area (Å²) in [6, 6.07) is 11.4. The Bertz CT molecular complexity index is 718. The predicted octanol–water partition coefficient (Wildman–Crippen LogP) is 4.23. The van der Waals surface area contributed by atoms with E-state index in [2.05, 4.69) is 20.7 Å². The molecule has 0 aliphatic rings. The number of sulfonamides is 1. The molecule has 0 spiro atoms. The Morgan fingerprint density at radius 3 is 2.25 bits per heavy atom. The molecule has 106 valence electrons. The van der Waals surface area contributed by atoms with E-state index in [1.807, 2.05) is 0 Å². The summed E-state index contributed by atoms with van der Waals surface area (Å²) < 4.78 is 27.5. The minimum absolute atomic E-state index is 0.148. The average molecular weight is 395 g/mol. The van der Waals surface area contributed by atoms with Crippen molar-refractivity contribution in [3.63, 3.8) is 0 Å². The minimum atomic E-state index is -3.55. The molecule has 0 atom stereocenters. The Kier molecular flexibility index (Phi) is 5.09. The fourth-order valence-corrected chi connectivity index (χ4v) is 3.13. The maximum absolute atomic E-state index is 12.1. The van der Waals surface area contributed by atoms with Gasteiger partial charge in [0.2, 0.25) is 10.0 Å². The van der Waals surface area contributed by atoms with Crippen LogP contribution in [0.2, 0.25) is 10.0 Å². The van der Waals surface area contributed by atoms with Gasteiger partial charge in [-0.05, 0) is 42.0 Å². The maximum Gasteiger partial charge on any atom is 0.240 e. The third-order valence-electron chi connectivity index (χ3n) is 2.57. The van der Waals surface area contributed by atoms with E-state index >= 15 is 0 Å². The van der Waals surface area contributed by atoms with Gasteiger partial charge in [-0.1, -0.05) is 45.2 Å². The molecule has 0 aliphatic heterocycles. The van der Waals surface area contributed by atoms with Crippen LogP contribution in [0.3, 0.4) is 0 Å². The average Bonchev–Trinajstić information content (AvgIpc) is 2.41. The molecule has 0 bridgehead atoms. The lowest BCUT2D eigenvalue weighted by molar-refractivity contribution is 0.581. The molecule has 0 amide bonds. The van der Waals surface area contributed by atoms with Crippen LogP contribution in [0.1, 0.15) is 5.56 Å². The molecule has 1 N–H and O–H groups in total. The lowest BCUT2D eigenvalue weighted by Gasteiger charge is -2.07. The monoisotopic (exact) mass is 393 g/mol. The third-order valence-corrected chi connectivity index (χ3v) is 5.26.